The molecule has 12 heavy (non-hydrogen) atoms. The van der Waals surface area contributed by atoms with Crippen molar-refractivity contribution < 1.29 is 0 Å². The van der Waals surface area contributed by atoms with Crippen LogP contribution in [0.4, 0.5) is 0 Å². The third-order valence-corrected chi connectivity index (χ3v) is 5.00. The summed E-state index contributed by atoms with van der Waals surface area (Å²) in [5.41, 5.74) is 0.416. The average Bonchev–Trinajstić information content (AvgIpc) is 1.99. The Morgan fingerprint density at radius 1 is 1.17 bits per heavy atom. The summed E-state index contributed by atoms with van der Waals surface area (Å²) >= 11 is 6.37. The van der Waals surface area contributed by atoms with Crippen molar-refractivity contribution in [1.82, 2.24) is 0 Å². The van der Waals surface area contributed by atoms with Crippen molar-refractivity contribution >= 4 is 11.6 Å². The van der Waals surface area contributed by atoms with Gasteiger partial charge in [-0.15, -0.1) is 11.6 Å². The molecule has 0 aromatic rings. The number of rotatable bonds is 0. The third kappa shape index (κ3) is 1.51. The van der Waals surface area contributed by atoms with Crippen LogP contribution in [0.2, 0.25) is 0 Å². The summed E-state index contributed by atoms with van der Waals surface area (Å²) in [4.78, 5) is 0. The monoisotopic (exact) mass is 188 g/mol. The molecule has 0 saturated heterocycles. The summed E-state index contributed by atoms with van der Waals surface area (Å²) in [5.74, 6) is 2.13. The van der Waals surface area contributed by atoms with Gasteiger partial charge < -0.3 is 0 Å². The van der Waals surface area contributed by atoms with Gasteiger partial charge in [0.25, 0.3) is 0 Å². The normalized spacial score (nSPS) is 47.5. The molecule has 1 aliphatic rings. The summed E-state index contributed by atoms with van der Waals surface area (Å²) in [5, 5.41) is 0.371. The van der Waals surface area contributed by atoms with Gasteiger partial charge in [0.1, 0.15) is 0 Å². The van der Waals surface area contributed by atoms with Crippen molar-refractivity contribution in [3.8, 4) is 0 Å². The fourth-order valence-corrected chi connectivity index (χ4v) is 2.77. The van der Waals surface area contributed by atoms with Crippen LogP contribution in [0.15, 0.2) is 0 Å². The fourth-order valence-electron chi connectivity index (χ4n) is 2.34. The lowest BCUT2D eigenvalue weighted by Crippen LogP contribution is -2.43. The molecule has 0 N–H and O–H groups in total. The zero-order valence-corrected chi connectivity index (χ0v) is 9.65. The van der Waals surface area contributed by atoms with Crippen LogP contribution in [0.5, 0.6) is 0 Å². The van der Waals surface area contributed by atoms with Gasteiger partial charge in [0.2, 0.25) is 0 Å². The Morgan fingerprint density at radius 2 is 1.67 bits per heavy atom. The van der Waals surface area contributed by atoms with Crippen LogP contribution in [0.25, 0.3) is 0 Å². The summed E-state index contributed by atoms with van der Waals surface area (Å²) in [6, 6.07) is 0. The SMILES string of the molecule is CC1CC(C)C(C)(C)C(C)C1Cl. The van der Waals surface area contributed by atoms with Crippen LogP contribution in [0.3, 0.4) is 0 Å². The Kier molecular flexibility index (Phi) is 2.78. The van der Waals surface area contributed by atoms with Gasteiger partial charge in [-0.25, -0.2) is 0 Å². The Labute approximate surface area is 81.7 Å². The summed E-state index contributed by atoms with van der Waals surface area (Å²) in [7, 11) is 0. The van der Waals surface area contributed by atoms with Crippen LogP contribution in [0.1, 0.15) is 41.0 Å². The van der Waals surface area contributed by atoms with E-state index in [1.807, 2.05) is 0 Å². The molecule has 4 unspecified atom stereocenters. The van der Waals surface area contributed by atoms with Crippen molar-refractivity contribution in [2.45, 2.75) is 46.4 Å². The minimum atomic E-state index is 0.371. The van der Waals surface area contributed by atoms with Crippen LogP contribution in [-0.2, 0) is 0 Å². The zero-order valence-electron chi connectivity index (χ0n) is 8.89. The molecule has 0 heterocycles. The Hall–Kier alpha value is 0.290. The van der Waals surface area contributed by atoms with Crippen molar-refractivity contribution in [3.05, 3.63) is 0 Å². The summed E-state index contributed by atoms with van der Waals surface area (Å²) in [6.07, 6.45) is 1.28. The van der Waals surface area contributed by atoms with Crippen molar-refractivity contribution in [2.75, 3.05) is 0 Å². The molecule has 0 aliphatic heterocycles. The fraction of sp³-hybridized carbons (Fsp3) is 1.00. The first kappa shape index (κ1) is 10.4. The highest BCUT2D eigenvalue weighted by atomic mass is 35.5. The van der Waals surface area contributed by atoms with Crippen LogP contribution < -0.4 is 0 Å². The second-order valence-corrected chi connectivity index (χ2v) is 5.67. The Morgan fingerprint density at radius 3 is 2.17 bits per heavy atom. The first-order valence-corrected chi connectivity index (χ1v) is 5.45. The molecule has 0 radical (unpaired) electrons. The topological polar surface area (TPSA) is 0 Å². The zero-order chi connectivity index (χ0) is 9.52. The minimum absolute atomic E-state index is 0.371. The average molecular weight is 189 g/mol. The molecule has 0 aromatic heterocycles. The van der Waals surface area contributed by atoms with Gasteiger partial charge in [0.05, 0.1) is 0 Å². The molecule has 0 nitrogen and oxygen atoms in total. The molecule has 4 atom stereocenters. The maximum Gasteiger partial charge on any atom is 0.0392 e. The van der Waals surface area contributed by atoms with E-state index in [4.69, 9.17) is 11.6 Å². The molecule has 1 saturated carbocycles. The van der Waals surface area contributed by atoms with Crippen LogP contribution in [-0.4, -0.2) is 5.38 Å². The first-order valence-electron chi connectivity index (χ1n) is 5.01. The first-order chi connectivity index (χ1) is 5.37. The van der Waals surface area contributed by atoms with E-state index in [0.29, 0.717) is 22.6 Å². The lowest BCUT2D eigenvalue weighted by Gasteiger charge is -2.47. The minimum Gasteiger partial charge on any atom is -0.122 e. The van der Waals surface area contributed by atoms with Crippen molar-refractivity contribution in [1.29, 1.82) is 0 Å². The van der Waals surface area contributed by atoms with Gasteiger partial charge in [-0.05, 0) is 29.6 Å². The van der Waals surface area contributed by atoms with E-state index in [1.165, 1.54) is 6.42 Å². The highest BCUT2D eigenvalue weighted by molar-refractivity contribution is 6.21. The second-order valence-electron chi connectivity index (χ2n) is 5.17. The molecule has 0 bridgehead atoms. The summed E-state index contributed by atoms with van der Waals surface area (Å²) < 4.78 is 0. The molecule has 0 spiro atoms. The molecule has 1 aliphatic carbocycles. The van der Waals surface area contributed by atoms with Crippen molar-refractivity contribution in [2.24, 2.45) is 23.2 Å². The van der Waals surface area contributed by atoms with E-state index in [2.05, 4.69) is 34.6 Å². The molecule has 0 amide bonds. The van der Waals surface area contributed by atoms with E-state index in [-0.39, 0.29) is 0 Å². The molecular formula is C11H21Cl. The van der Waals surface area contributed by atoms with Crippen LogP contribution in [0, 0.1) is 23.2 Å². The number of hydrogen-bond donors (Lipinski definition) is 0. The van der Waals surface area contributed by atoms with E-state index in [1.54, 1.807) is 0 Å². The predicted molar refractivity (Wildman–Crippen MR) is 55.5 cm³/mol. The maximum absolute atomic E-state index is 6.37. The molecule has 0 aromatic carbocycles. The molecule has 1 heteroatoms. The quantitative estimate of drug-likeness (QED) is 0.506. The van der Waals surface area contributed by atoms with Gasteiger partial charge in [-0.3, -0.25) is 0 Å². The second kappa shape index (κ2) is 3.21. The van der Waals surface area contributed by atoms with Gasteiger partial charge in [0.15, 0.2) is 0 Å². The number of halogens is 1. The molecular weight excluding hydrogens is 168 g/mol. The highest BCUT2D eigenvalue weighted by Crippen LogP contribution is 2.48. The number of alkyl halides is 1. The van der Waals surface area contributed by atoms with Gasteiger partial charge in [0, 0.05) is 5.38 Å². The maximum atomic E-state index is 6.37. The van der Waals surface area contributed by atoms with Crippen LogP contribution >= 0.6 is 11.6 Å². The molecule has 1 fully saturated rings. The smallest absolute Gasteiger partial charge is 0.0392 e. The van der Waals surface area contributed by atoms with E-state index < -0.39 is 0 Å². The largest absolute Gasteiger partial charge is 0.122 e. The lowest BCUT2D eigenvalue weighted by atomic mass is 9.61. The van der Waals surface area contributed by atoms with E-state index in [9.17, 15) is 0 Å². The summed E-state index contributed by atoms with van der Waals surface area (Å²) in [6.45, 7) is 11.6. The van der Waals surface area contributed by atoms with E-state index >= 15 is 0 Å². The lowest BCUT2D eigenvalue weighted by molar-refractivity contribution is 0.0575. The van der Waals surface area contributed by atoms with Crippen molar-refractivity contribution in [3.63, 3.8) is 0 Å². The Balaban J connectivity index is 2.80. The van der Waals surface area contributed by atoms with Gasteiger partial charge >= 0.3 is 0 Å². The highest BCUT2D eigenvalue weighted by Gasteiger charge is 2.42. The Bertz CT molecular complexity index is 162. The molecule has 72 valence electrons. The number of hydrogen-bond acceptors (Lipinski definition) is 0. The standard InChI is InChI=1S/C11H21Cl/c1-7-6-8(2)11(4,5)9(3)10(7)12/h7-10H,6H2,1-5H3. The third-order valence-electron chi connectivity index (χ3n) is 4.19. The predicted octanol–water partition coefficient (Wildman–Crippen LogP) is 3.93. The molecule has 1 rings (SSSR count). The van der Waals surface area contributed by atoms with Gasteiger partial charge in [-0.1, -0.05) is 34.6 Å². The van der Waals surface area contributed by atoms with E-state index in [0.717, 1.165) is 5.92 Å². The van der Waals surface area contributed by atoms with Gasteiger partial charge in [-0.2, -0.15) is 0 Å².